The predicted octanol–water partition coefficient (Wildman–Crippen LogP) is 5.66. The summed E-state index contributed by atoms with van der Waals surface area (Å²) in [5.41, 5.74) is -0.577. The summed E-state index contributed by atoms with van der Waals surface area (Å²) in [4.78, 5) is 0.168. The lowest BCUT2D eigenvalue weighted by Crippen LogP contribution is -2.14. The number of halogens is 5. The molecule has 0 aromatic heterocycles. The van der Waals surface area contributed by atoms with E-state index in [4.69, 9.17) is 0 Å². The third-order valence-corrected chi connectivity index (χ3v) is 4.75. The number of hydrogen-bond acceptors (Lipinski definition) is 0. The molecule has 0 bridgehead atoms. The van der Waals surface area contributed by atoms with E-state index in [2.05, 4.69) is 15.9 Å². The first-order valence-corrected chi connectivity index (χ1v) is 7.32. The molecule has 1 saturated carbocycles. The molecule has 1 aromatic carbocycles. The molecule has 5 heteroatoms. The van der Waals surface area contributed by atoms with Crippen LogP contribution in [0.25, 0.3) is 0 Å². The number of alkyl halides is 4. The topological polar surface area (TPSA) is 0 Å². The van der Waals surface area contributed by atoms with Crippen molar-refractivity contribution in [1.82, 2.24) is 0 Å². The highest BCUT2D eigenvalue weighted by Gasteiger charge is 2.35. The molecule has 1 aliphatic rings. The van der Waals surface area contributed by atoms with Crippen molar-refractivity contribution < 1.29 is 17.6 Å². The Labute approximate surface area is 118 Å². The van der Waals surface area contributed by atoms with Gasteiger partial charge in [-0.2, -0.15) is 13.2 Å². The fraction of sp³-hybridized carbons (Fsp3) is 0.571. The molecule has 0 heterocycles. The number of rotatable bonds is 1. The van der Waals surface area contributed by atoms with Crippen molar-refractivity contribution >= 4 is 15.9 Å². The molecule has 0 saturated heterocycles. The van der Waals surface area contributed by atoms with Gasteiger partial charge >= 0.3 is 6.18 Å². The Morgan fingerprint density at radius 1 is 1.05 bits per heavy atom. The van der Waals surface area contributed by atoms with Gasteiger partial charge in [-0.05, 0) is 36.5 Å². The van der Waals surface area contributed by atoms with Crippen molar-refractivity contribution in [3.63, 3.8) is 0 Å². The number of hydrogen-bond donors (Lipinski definition) is 0. The second kappa shape index (κ2) is 5.81. The normalized spacial score (nSPS) is 25.1. The Hall–Kier alpha value is -0.580. The molecule has 2 rings (SSSR count). The molecule has 1 aromatic rings. The van der Waals surface area contributed by atoms with E-state index < -0.39 is 17.6 Å². The van der Waals surface area contributed by atoms with Crippen molar-refractivity contribution in [1.29, 1.82) is 0 Å². The van der Waals surface area contributed by atoms with E-state index in [9.17, 15) is 17.6 Å². The summed E-state index contributed by atoms with van der Waals surface area (Å²) >= 11 is 3.56. The van der Waals surface area contributed by atoms with Crippen molar-refractivity contribution in [3.05, 3.63) is 35.1 Å². The van der Waals surface area contributed by atoms with Crippen molar-refractivity contribution in [2.24, 2.45) is 0 Å². The van der Waals surface area contributed by atoms with E-state index in [1.54, 1.807) is 0 Å². The van der Waals surface area contributed by atoms with Crippen LogP contribution < -0.4 is 0 Å². The minimum absolute atomic E-state index is 0.0317. The van der Waals surface area contributed by atoms with Gasteiger partial charge in [0, 0.05) is 4.83 Å². The van der Waals surface area contributed by atoms with Crippen LogP contribution in [0.5, 0.6) is 0 Å². The summed E-state index contributed by atoms with van der Waals surface area (Å²) in [6, 6.07) is 3.39. The highest BCUT2D eigenvalue weighted by Crippen LogP contribution is 2.39. The SMILES string of the molecule is Fc1ccc(C2CCCCCC2Br)cc1C(F)(F)F. The van der Waals surface area contributed by atoms with E-state index in [1.165, 1.54) is 6.07 Å². The molecule has 19 heavy (non-hydrogen) atoms. The van der Waals surface area contributed by atoms with E-state index in [1.807, 2.05) is 0 Å². The van der Waals surface area contributed by atoms with E-state index in [-0.39, 0.29) is 10.7 Å². The molecule has 0 radical (unpaired) electrons. The zero-order chi connectivity index (χ0) is 14.0. The second-order valence-electron chi connectivity index (χ2n) is 5.00. The molecule has 0 amide bonds. The average Bonchev–Trinajstić information content (AvgIpc) is 2.53. The van der Waals surface area contributed by atoms with Gasteiger partial charge in [-0.15, -0.1) is 0 Å². The summed E-state index contributed by atoms with van der Waals surface area (Å²) in [6.07, 6.45) is 0.353. The van der Waals surface area contributed by atoms with Crippen molar-refractivity contribution in [3.8, 4) is 0 Å². The van der Waals surface area contributed by atoms with E-state index >= 15 is 0 Å². The minimum Gasteiger partial charge on any atom is -0.206 e. The fourth-order valence-electron chi connectivity index (χ4n) is 2.63. The third kappa shape index (κ3) is 3.50. The highest BCUT2D eigenvalue weighted by atomic mass is 79.9. The van der Waals surface area contributed by atoms with Crippen LogP contribution >= 0.6 is 15.9 Å². The maximum Gasteiger partial charge on any atom is 0.419 e. The predicted molar refractivity (Wildman–Crippen MR) is 69.9 cm³/mol. The van der Waals surface area contributed by atoms with Gasteiger partial charge in [0.1, 0.15) is 5.82 Å². The highest BCUT2D eigenvalue weighted by molar-refractivity contribution is 9.09. The standard InChI is InChI=1S/C14H15BrF4/c15-12-5-3-1-2-4-10(12)9-6-7-13(16)11(8-9)14(17,18)19/h6-8,10,12H,1-5H2. The molecule has 0 nitrogen and oxygen atoms in total. The minimum atomic E-state index is -4.63. The van der Waals surface area contributed by atoms with Crippen molar-refractivity contribution in [2.75, 3.05) is 0 Å². The Morgan fingerprint density at radius 3 is 2.42 bits per heavy atom. The average molecular weight is 339 g/mol. The van der Waals surface area contributed by atoms with Crippen LogP contribution in [0.2, 0.25) is 0 Å². The summed E-state index contributed by atoms with van der Waals surface area (Å²) < 4.78 is 51.4. The van der Waals surface area contributed by atoms with Gasteiger partial charge in [0.05, 0.1) is 5.56 Å². The lowest BCUT2D eigenvalue weighted by Gasteiger charge is -2.21. The summed E-state index contributed by atoms with van der Waals surface area (Å²) in [5, 5.41) is 0. The smallest absolute Gasteiger partial charge is 0.206 e. The monoisotopic (exact) mass is 338 g/mol. The quantitative estimate of drug-likeness (QED) is 0.352. The van der Waals surface area contributed by atoms with Gasteiger partial charge in [0.2, 0.25) is 0 Å². The summed E-state index contributed by atoms with van der Waals surface area (Å²) in [7, 11) is 0. The van der Waals surface area contributed by atoms with Gasteiger partial charge in [-0.3, -0.25) is 0 Å². The third-order valence-electron chi connectivity index (χ3n) is 3.66. The zero-order valence-corrected chi connectivity index (χ0v) is 11.9. The lowest BCUT2D eigenvalue weighted by molar-refractivity contribution is -0.140. The van der Waals surface area contributed by atoms with Crippen LogP contribution in [0.15, 0.2) is 18.2 Å². The Kier molecular flexibility index (Phi) is 4.54. The zero-order valence-electron chi connectivity index (χ0n) is 10.3. The van der Waals surface area contributed by atoms with Crippen LogP contribution in [0, 0.1) is 5.82 Å². The first-order chi connectivity index (χ1) is 8.89. The van der Waals surface area contributed by atoms with Crippen LogP contribution in [0.3, 0.4) is 0 Å². The second-order valence-corrected chi connectivity index (χ2v) is 6.17. The maximum absolute atomic E-state index is 13.3. The number of benzene rings is 1. The Morgan fingerprint density at radius 2 is 1.74 bits per heavy atom. The largest absolute Gasteiger partial charge is 0.419 e. The van der Waals surface area contributed by atoms with E-state index in [0.717, 1.165) is 44.2 Å². The fourth-order valence-corrected chi connectivity index (χ4v) is 3.52. The van der Waals surface area contributed by atoms with Crippen LogP contribution in [-0.4, -0.2) is 4.83 Å². The first-order valence-electron chi connectivity index (χ1n) is 6.40. The molecule has 1 aliphatic carbocycles. The molecule has 2 unspecified atom stereocenters. The van der Waals surface area contributed by atoms with Gasteiger partial charge in [0.15, 0.2) is 0 Å². The van der Waals surface area contributed by atoms with Crippen LogP contribution in [-0.2, 0) is 6.18 Å². The summed E-state index contributed by atoms with van der Waals surface area (Å²) in [6.45, 7) is 0. The first kappa shape index (κ1) is 14.8. The molecule has 0 N–H and O–H groups in total. The Bertz CT molecular complexity index is 442. The molecular formula is C14H15BrF4. The van der Waals surface area contributed by atoms with E-state index in [0.29, 0.717) is 5.56 Å². The van der Waals surface area contributed by atoms with Gasteiger partial charge < -0.3 is 0 Å². The van der Waals surface area contributed by atoms with Crippen LogP contribution in [0.4, 0.5) is 17.6 Å². The molecule has 106 valence electrons. The lowest BCUT2D eigenvalue weighted by atomic mass is 9.90. The van der Waals surface area contributed by atoms with Crippen molar-refractivity contribution in [2.45, 2.75) is 49.0 Å². The summed E-state index contributed by atoms with van der Waals surface area (Å²) in [5.74, 6) is -1.17. The molecular weight excluding hydrogens is 324 g/mol. The van der Waals surface area contributed by atoms with Gasteiger partial charge in [-0.25, -0.2) is 4.39 Å². The van der Waals surface area contributed by atoms with Crippen LogP contribution in [0.1, 0.15) is 49.1 Å². The van der Waals surface area contributed by atoms with Gasteiger partial charge in [-0.1, -0.05) is 41.3 Å². The molecule has 0 spiro atoms. The Balaban J connectivity index is 2.34. The van der Waals surface area contributed by atoms with Gasteiger partial charge in [0.25, 0.3) is 0 Å². The molecule has 2 atom stereocenters. The molecule has 1 fully saturated rings. The maximum atomic E-state index is 13.3. The molecule has 0 aliphatic heterocycles.